The Balaban J connectivity index is 0.000000152. The van der Waals surface area contributed by atoms with Crippen molar-refractivity contribution in [3.05, 3.63) is 140 Å². The van der Waals surface area contributed by atoms with Gasteiger partial charge in [-0.3, -0.25) is 0 Å². The fourth-order valence-electron chi connectivity index (χ4n) is 4.82. The van der Waals surface area contributed by atoms with Crippen molar-refractivity contribution in [2.75, 3.05) is 0 Å². The van der Waals surface area contributed by atoms with Crippen molar-refractivity contribution in [3.63, 3.8) is 0 Å². The van der Waals surface area contributed by atoms with E-state index >= 15 is 0 Å². The van der Waals surface area contributed by atoms with E-state index in [1.165, 1.54) is 32.7 Å². The third kappa shape index (κ3) is 4.02. The second kappa shape index (κ2) is 10.0. The summed E-state index contributed by atoms with van der Waals surface area (Å²) in [5, 5.41) is 4.72. The summed E-state index contributed by atoms with van der Waals surface area (Å²) in [5.41, 5.74) is 9.37. The molecule has 35 heavy (non-hydrogen) atoms. The van der Waals surface area contributed by atoms with E-state index in [9.17, 15) is 0 Å². The van der Waals surface area contributed by atoms with Crippen molar-refractivity contribution in [2.45, 2.75) is 0 Å². The van der Waals surface area contributed by atoms with Gasteiger partial charge in [-0.05, 0) is 34.0 Å². The zero-order valence-electron chi connectivity index (χ0n) is 18.4. The molecule has 0 unspecified atom stereocenters. The SMILES string of the molecule is Cl.Cl.[Zr+2].[c-]1cccc2c1=C1C(=Cc3ccccc31)N=2.[c-]1cccc2c1C1=c3ccccc3=CC1=N2. The first kappa shape index (κ1) is 25.3. The minimum Gasteiger partial charge on any atom is -0.307 e. The van der Waals surface area contributed by atoms with E-state index in [2.05, 4.69) is 82.8 Å². The zero-order chi connectivity index (χ0) is 21.1. The van der Waals surface area contributed by atoms with Gasteiger partial charge in [-0.25, -0.2) is 0 Å². The molecule has 0 saturated carbocycles. The second-order valence-electron chi connectivity index (χ2n) is 8.07. The molecule has 0 spiro atoms. The van der Waals surface area contributed by atoms with Gasteiger partial charge in [0.15, 0.2) is 0 Å². The fourth-order valence-corrected chi connectivity index (χ4v) is 4.82. The first-order chi connectivity index (χ1) is 15.9. The molecule has 2 aliphatic heterocycles. The second-order valence-corrected chi connectivity index (χ2v) is 8.07. The largest absolute Gasteiger partial charge is 2.00 e. The number of benzene rings is 4. The predicted octanol–water partition coefficient (Wildman–Crippen LogP) is 4.08. The third-order valence-electron chi connectivity index (χ3n) is 6.21. The molecule has 4 aliphatic rings. The van der Waals surface area contributed by atoms with Gasteiger partial charge in [-0.15, -0.1) is 84.1 Å². The minimum absolute atomic E-state index is 0. The molecule has 8 rings (SSSR count). The Morgan fingerprint density at radius 1 is 0.657 bits per heavy atom. The van der Waals surface area contributed by atoms with E-state index in [0.717, 1.165) is 33.2 Å². The molecule has 0 N–H and O–H groups in total. The summed E-state index contributed by atoms with van der Waals surface area (Å²) in [5.74, 6) is 0. The van der Waals surface area contributed by atoms with Crippen LogP contribution in [0.5, 0.6) is 0 Å². The Hall–Kier alpha value is -2.84. The van der Waals surface area contributed by atoms with E-state index in [1.807, 2.05) is 36.4 Å². The summed E-state index contributed by atoms with van der Waals surface area (Å²) in [6, 6.07) is 35.4. The van der Waals surface area contributed by atoms with E-state index in [1.54, 1.807) is 0 Å². The molecule has 0 aromatic heterocycles. The Labute approximate surface area is 234 Å². The van der Waals surface area contributed by atoms with Crippen LogP contribution < -0.4 is 21.0 Å². The number of nitrogens with zero attached hydrogens (tertiary/aromatic N) is 2. The molecule has 2 nitrogen and oxygen atoms in total. The van der Waals surface area contributed by atoms with Crippen LogP contribution in [-0.2, 0) is 26.2 Å². The van der Waals surface area contributed by atoms with E-state index in [-0.39, 0.29) is 51.0 Å². The van der Waals surface area contributed by atoms with Gasteiger partial charge in [0.25, 0.3) is 0 Å². The predicted molar refractivity (Wildman–Crippen MR) is 143 cm³/mol. The monoisotopic (exact) mass is 566 g/mol. The van der Waals surface area contributed by atoms with E-state index < -0.39 is 0 Å². The Morgan fingerprint density at radius 3 is 2.34 bits per heavy atom. The molecule has 5 heteroatoms. The summed E-state index contributed by atoms with van der Waals surface area (Å²) in [6.45, 7) is 0. The number of hydrogen-bond donors (Lipinski definition) is 0. The van der Waals surface area contributed by atoms with Crippen molar-refractivity contribution in [2.24, 2.45) is 9.98 Å². The van der Waals surface area contributed by atoms with Crippen molar-refractivity contribution < 1.29 is 26.2 Å². The van der Waals surface area contributed by atoms with Gasteiger partial charge in [0, 0.05) is 11.4 Å². The maximum Gasteiger partial charge on any atom is 2.00 e. The molecule has 2 aliphatic carbocycles. The molecule has 0 radical (unpaired) electrons. The van der Waals surface area contributed by atoms with E-state index in [4.69, 9.17) is 0 Å². The van der Waals surface area contributed by atoms with Crippen LogP contribution in [0.3, 0.4) is 0 Å². The molecule has 0 atom stereocenters. The Bertz CT molecular complexity index is 1650. The molecule has 166 valence electrons. The van der Waals surface area contributed by atoms with Gasteiger partial charge in [0.1, 0.15) is 0 Å². The first-order valence-corrected chi connectivity index (χ1v) is 10.7. The van der Waals surface area contributed by atoms with Crippen LogP contribution in [0, 0.1) is 12.1 Å². The number of rotatable bonds is 0. The van der Waals surface area contributed by atoms with Crippen molar-refractivity contribution in [3.8, 4) is 0 Å². The molecular weight excluding hydrogens is 550 g/mol. The molecule has 0 bridgehead atoms. The van der Waals surface area contributed by atoms with Crippen molar-refractivity contribution >= 4 is 59.5 Å². The van der Waals surface area contributed by atoms with Crippen LogP contribution >= 0.6 is 24.8 Å². The topological polar surface area (TPSA) is 24.7 Å². The summed E-state index contributed by atoms with van der Waals surface area (Å²) in [6.07, 6.45) is 4.30. The van der Waals surface area contributed by atoms with E-state index in [0.29, 0.717) is 0 Å². The van der Waals surface area contributed by atoms with Gasteiger partial charge in [-0.2, -0.15) is 0 Å². The van der Waals surface area contributed by atoms with Crippen molar-refractivity contribution in [1.82, 2.24) is 0 Å². The van der Waals surface area contributed by atoms with Crippen LogP contribution in [0.1, 0.15) is 16.7 Å². The van der Waals surface area contributed by atoms with Crippen LogP contribution in [0.4, 0.5) is 5.69 Å². The molecule has 0 amide bonds. The van der Waals surface area contributed by atoms with Gasteiger partial charge in [-0.1, -0.05) is 70.5 Å². The first-order valence-electron chi connectivity index (χ1n) is 10.7. The zero-order valence-corrected chi connectivity index (χ0v) is 22.5. The smallest absolute Gasteiger partial charge is 0.307 e. The molecule has 4 aromatic carbocycles. The van der Waals surface area contributed by atoms with Crippen LogP contribution in [0.15, 0.2) is 101 Å². The number of halogens is 2. The van der Waals surface area contributed by atoms with Crippen LogP contribution in [0.25, 0.3) is 23.3 Å². The quantitative estimate of drug-likeness (QED) is 0.286. The normalized spacial score (nSPS) is 13.7. The Kier molecular flexibility index (Phi) is 7.24. The summed E-state index contributed by atoms with van der Waals surface area (Å²) >= 11 is 0. The third-order valence-corrected chi connectivity index (χ3v) is 6.21. The summed E-state index contributed by atoms with van der Waals surface area (Å²) in [7, 11) is 0. The molecule has 0 saturated heterocycles. The molecule has 0 fully saturated rings. The maximum atomic E-state index is 4.62. The van der Waals surface area contributed by atoms with Gasteiger partial charge in [0.2, 0.25) is 0 Å². The standard InChI is InChI=1S/2C15H8N.2ClH.Zr/c2*1-2-6-11-10(5-1)9-14-15(11)12-7-3-4-8-13(12)16-14;;;/h2*1-6,8-9H;2*1H;/q2*-1;;;+2. The fraction of sp³-hybridized carbons (Fsp3) is 0. The summed E-state index contributed by atoms with van der Waals surface area (Å²) in [4.78, 5) is 9.24. The minimum atomic E-state index is 0. The van der Waals surface area contributed by atoms with Gasteiger partial charge in [0.05, 0.1) is 0 Å². The van der Waals surface area contributed by atoms with Crippen LogP contribution in [0.2, 0.25) is 0 Å². The van der Waals surface area contributed by atoms with Gasteiger partial charge >= 0.3 is 26.2 Å². The maximum absolute atomic E-state index is 4.62. The molecule has 2 heterocycles. The number of fused-ring (bicyclic) bond motifs is 8. The average molecular weight is 569 g/mol. The number of allylic oxidation sites excluding steroid dienone is 1. The number of hydrogen-bond acceptors (Lipinski definition) is 2. The van der Waals surface area contributed by atoms with Crippen molar-refractivity contribution in [1.29, 1.82) is 0 Å². The average Bonchev–Trinajstić information content (AvgIpc) is 3.56. The number of aliphatic imine (C=N–C) groups is 1. The molecular formula is C30H18Cl2N2Zr. The van der Waals surface area contributed by atoms with Gasteiger partial charge < -0.3 is 9.98 Å². The summed E-state index contributed by atoms with van der Waals surface area (Å²) < 4.78 is 0. The molecule has 4 aromatic rings. The Morgan fingerprint density at radius 2 is 1.43 bits per heavy atom. The van der Waals surface area contributed by atoms with Crippen LogP contribution in [-0.4, -0.2) is 5.71 Å².